The molecule has 0 aromatic heterocycles. The van der Waals surface area contributed by atoms with E-state index in [9.17, 15) is 9.59 Å². The minimum Gasteiger partial charge on any atom is -0.352 e. The van der Waals surface area contributed by atoms with Gasteiger partial charge in [0, 0.05) is 18.5 Å². The molecule has 1 aliphatic carbocycles. The smallest absolute Gasteiger partial charge is 0.251 e. The van der Waals surface area contributed by atoms with Gasteiger partial charge < -0.3 is 10.6 Å². The Labute approximate surface area is 169 Å². The lowest BCUT2D eigenvalue weighted by Crippen LogP contribution is -2.32. The van der Waals surface area contributed by atoms with E-state index in [0.717, 1.165) is 19.3 Å². The van der Waals surface area contributed by atoms with Gasteiger partial charge in [-0.15, -0.1) is 0 Å². The van der Waals surface area contributed by atoms with Gasteiger partial charge in [0.05, 0.1) is 16.1 Å². The molecule has 2 aromatic rings. The molecule has 0 aliphatic heterocycles. The van der Waals surface area contributed by atoms with Crippen LogP contribution >= 0.6 is 23.2 Å². The van der Waals surface area contributed by atoms with Gasteiger partial charge in [-0.1, -0.05) is 47.5 Å². The molecule has 2 N–H and O–H groups in total. The number of nitrogens with one attached hydrogen (secondary N) is 2. The molecule has 0 heterocycles. The van der Waals surface area contributed by atoms with E-state index in [0.29, 0.717) is 35.0 Å². The second kappa shape index (κ2) is 9.25. The second-order valence-electron chi connectivity index (χ2n) is 6.70. The van der Waals surface area contributed by atoms with Crippen molar-refractivity contribution in [3.8, 4) is 0 Å². The number of hydrogen-bond acceptors (Lipinski definition) is 2. The molecule has 3 rings (SSSR count). The monoisotopic (exact) mass is 404 g/mol. The van der Waals surface area contributed by atoms with Crippen LogP contribution in [0.15, 0.2) is 42.5 Å². The molecule has 2 aromatic carbocycles. The third-order valence-corrected chi connectivity index (χ3v) is 5.49. The lowest BCUT2D eigenvalue weighted by atomic mass is 9.87. The van der Waals surface area contributed by atoms with E-state index < -0.39 is 0 Å². The van der Waals surface area contributed by atoms with Crippen LogP contribution < -0.4 is 10.6 Å². The number of halogens is 2. The van der Waals surface area contributed by atoms with Gasteiger partial charge in [-0.2, -0.15) is 0 Å². The average Bonchev–Trinajstić information content (AvgIpc) is 2.67. The van der Waals surface area contributed by atoms with Crippen molar-refractivity contribution in [2.24, 2.45) is 0 Å². The lowest BCUT2D eigenvalue weighted by Gasteiger charge is -2.26. The van der Waals surface area contributed by atoms with Crippen molar-refractivity contribution in [1.29, 1.82) is 0 Å². The van der Waals surface area contributed by atoms with Crippen LogP contribution in [0.2, 0.25) is 10.0 Å². The van der Waals surface area contributed by atoms with Crippen LogP contribution in [0.1, 0.15) is 53.2 Å². The molecule has 0 bridgehead atoms. The number of fused-ring (bicyclic) bond motifs is 1. The first-order valence-corrected chi connectivity index (χ1v) is 9.90. The maximum absolute atomic E-state index is 12.3. The van der Waals surface area contributed by atoms with Gasteiger partial charge in [-0.3, -0.25) is 9.59 Å². The van der Waals surface area contributed by atoms with Gasteiger partial charge in [0.25, 0.3) is 5.91 Å². The van der Waals surface area contributed by atoms with Crippen molar-refractivity contribution >= 4 is 35.0 Å². The normalized spacial score (nSPS) is 15.7. The summed E-state index contributed by atoms with van der Waals surface area (Å²) in [5.41, 5.74) is 3.00. The summed E-state index contributed by atoms with van der Waals surface area (Å²) in [7, 11) is 0. The highest BCUT2D eigenvalue weighted by Crippen LogP contribution is 2.29. The molecule has 27 heavy (non-hydrogen) atoms. The van der Waals surface area contributed by atoms with E-state index in [1.54, 1.807) is 12.1 Å². The quantitative estimate of drug-likeness (QED) is 0.685. The summed E-state index contributed by atoms with van der Waals surface area (Å²) >= 11 is 11.8. The van der Waals surface area contributed by atoms with Crippen molar-refractivity contribution < 1.29 is 9.59 Å². The van der Waals surface area contributed by atoms with E-state index in [1.807, 2.05) is 12.1 Å². The Hall–Kier alpha value is -2.04. The number of rotatable bonds is 6. The molecule has 0 saturated heterocycles. The van der Waals surface area contributed by atoms with Crippen LogP contribution in [0.4, 0.5) is 0 Å². The topological polar surface area (TPSA) is 58.2 Å². The maximum Gasteiger partial charge on any atom is 0.251 e. The first-order chi connectivity index (χ1) is 13.0. The summed E-state index contributed by atoms with van der Waals surface area (Å²) in [5.74, 6) is -0.212. The Balaban J connectivity index is 1.42. The molecule has 0 spiro atoms. The summed E-state index contributed by atoms with van der Waals surface area (Å²) in [6.45, 7) is 0.424. The fourth-order valence-electron chi connectivity index (χ4n) is 3.36. The zero-order chi connectivity index (χ0) is 19.2. The van der Waals surface area contributed by atoms with E-state index >= 15 is 0 Å². The maximum atomic E-state index is 12.3. The molecule has 1 atom stereocenters. The van der Waals surface area contributed by atoms with Crippen molar-refractivity contribution in [2.45, 2.75) is 38.1 Å². The third kappa shape index (κ3) is 5.24. The number of hydrogen-bond donors (Lipinski definition) is 2. The molecule has 1 aliphatic rings. The number of carbonyl (C=O) groups excluding carboxylic acids is 2. The number of benzene rings is 2. The van der Waals surface area contributed by atoms with Gasteiger partial charge >= 0.3 is 0 Å². The summed E-state index contributed by atoms with van der Waals surface area (Å²) in [4.78, 5) is 24.4. The zero-order valence-corrected chi connectivity index (χ0v) is 16.4. The summed E-state index contributed by atoms with van der Waals surface area (Å²) in [6, 6.07) is 13.1. The Kier molecular flexibility index (Phi) is 6.75. The Bertz CT molecular complexity index is 839. The molecule has 2 amide bonds. The molecule has 4 nitrogen and oxygen atoms in total. The van der Waals surface area contributed by atoms with Crippen molar-refractivity contribution in [3.05, 3.63) is 69.2 Å². The average molecular weight is 405 g/mol. The lowest BCUT2D eigenvalue weighted by molar-refractivity contribution is -0.122. The van der Waals surface area contributed by atoms with Crippen LogP contribution in [0.25, 0.3) is 0 Å². The Morgan fingerprint density at radius 2 is 1.89 bits per heavy atom. The van der Waals surface area contributed by atoms with Crippen LogP contribution in [0.3, 0.4) is 0 Å². The van der Waals surface area contributed by atoms with Gasteiger partial charge in [-0.25, -0.2) is 0 Å². The van der Waals surface area contributed by atoms with Gasteiger partial charge in [-0.05, 0) is 55.0 Å². The molecular formula is C21H22Cl2N2O2. The van der Waals surface area contributed by atoms with Crippen LogP contribution in [0.5, 0.6) is 0 Å². The van der Waals surface area contributed by atoms with E-state index in [1.165, 1.54) is 17.2 Å². The van der Waals surface area contributed by atoms with E-state index in [4.69, 9.17) is 23.2 Å². The zero-order valence-electron chi connectivity index (χ0n) is 14.9. The molecule has 0 unspecified atom stereocenters. The number of aryl methyl sites for hydroxylation is 1. The van der Waals surface area contributed by atoms with E-state index in [-0.39, 0.29) is 17.9 Å². The van der Waals surface area contributed by atoms with Gasteiger partial charge in [0.2, 0.25) is 5.91 Å². The molecule has 0 radical (unpaired) electrons. The Morgan fingerprint density at radius 1 is 1.07 bits per heavy atom. The Morgan fingerprint density at radius 3 is 2.70 bits per heavy atom. The van der Waals surface area contributed by atoms with E-state index in [2.05, 4.69) is 22.8 Å². The summed E-state index contributed by atoms with van der Waals surface area (Å²) < 4.78 is 0. The van der Waals surface area contributed by atoms with Crippen LogP contribution in [-0.2, 0) is 11.2 Å². The number of amides is 2. The third-order valence-electron chi connectivity index (χ3n) is 4.75. The molecule has 0 saturated carbocycles. The molecule has 0 fully saturated rings. The number of carbonyl (C=O) groups is 2. The molecule has 142 valence electrons. The predicted octanol–water partition coefficient (Wildman–Crippen LogP) is 4.70. The molecule has 6 heteroatoms. The molecular weight excluding hydrogens is 383 g/mol. The van der Waals surface area contributed by atoms with Crippen LogP contribution in [-0.4, -0.2) is 18.4 Å². The largest absolute Gasteiger partial charge is 0.352 e. The van der Waals surface area contributed by atoms with Crippen molar-refractivity contribution in [3.63, 3.8) is 0 Å². The highest BCUT2D eigenvalue weighted by atomic mass is 35.5. The van der Waals surface area contributed by atoms with Crippen LogP contribution in [0, 0.1) is 0 Å². The predicted molar refractivity (Wildman–Crippen MR) is 108 cm³/mol. The highest BCUT2D eigenvalue weighted by Gasteiger charge is 2.21. The van der Waals surface area contributed by atoms with Crippen molar-refractivity contribution in [1.82, 2.24) is 10.6 Å². The minimum absolute atomic E-state index is 0.0143. The first kappa shape index (κ1) is 19.7. The van der Waals surface area contributed by atoms with Crippen molar-refractivity contribution in [2.75, 3.05) is 6.54 Å². The highest BCUT2D eigenvalue weighted by molar-refractivity contribution is 6.42. The van der Waals surface area contributed by atoms with Gasteiger partial charge in [0.15, 0.2) is 0 Å². The van der Waals surface area contributed by atoms with Gasteiger partial charge in [0.1, 0.15) is 0 Å². The minimum atomic E-state index is -0.227. The fraction of sp³-hybridized carbons (Fsp3) is 0.333. The SMILES string of the molecule is O=C(CCCNC(=O)c1ccc(Cl)c(Cl)c1)N[C@@H]1CCCc2ccccc21. The summed E-state index contributed by atoms with van der Waals surface area (Å²) in [5, 5.41) is 6.68. The summed E-state index contributed by atoms with van der Waals surface area (Å²) in [6.07, 6.45) is 4.08. The first-order valence-electron chi connectivity index (χ1n) is 9.15. The standard InChI is InChI=1S/C21H22Cl2N2O2/c22-17-11-10-15(13-18(17)23)21(27)24-12-4-9-20(26)25-19-8-3-6-14-5-1-2-7-16(14)19/h1-2,5,7,10-11,13,19H,3-4,6,8-9,12H2,(H,24,27)(H,25,26)/t19-/m1/s1. The second-order valence-corrected chi connectivity index (χ2v) is 7.51. The fourth-order valence-corrected chi connectivity index (χ4v) is 3.66.